The zero-order chi connectivity index (χ0) is 17.2. The van der Waals surface area contributed by atoms with Crippen LogP contribution in [0.15, 0.2) is 41.5 Å². The molecule has 1 aromatic heterocycles. The Morgan fingerprint density at radius 1 is 1.28 bits per heavy atom. The van der Waals surface area contributed by atoms with Gasteiger partial charge < -0.3 is 14.8 Å². The lowest BCUT2D eigenvalue weighted by Gasteiger charge is -2.25. The van der Waals surface area contributed by atoms with Crippen molar-refractivity contribution in [1.82, 2.24) is 14.9 Å². The molecular weight excluding hydrogens is 322 g/mol. The molecule has 25 heavy (non-hydrogen) atoms. The fourth-order valence-corrected chi connectivity index (χ4v) is 2.77. The third-order valence-corrected chi connectivity index (χ3v) is 4.35. The van der Waals surface area contributed by atoms with Gasteiger partial charge in [-0.1, -0.05) is 12.1 Å². The molecule has 1 amide bonds. The minimum absolute atomic E-state index is 0.0858. The molecule has 130 valence electrons. The minimum Gasteiger partial charge on any atom is -0.485 e. The number of carbonyl (C=O) groups is 1. The topological polar surface area (TPSA) is 82.5 Å². The van der Waals surface area contributed by atoms with Gasteiger partial charge in [-0.25, -0.2) is 4.98 Å². The molecule has 2 aliphatic rings. The molecule has 0 radical (unpaired) electrons. The van der Waals surface area contributed by atoms with Crippen LogP contribution in [0.2, 0.25) is 0 Å². The van der Waals surface area contributed by atoms with E-state index in [0.717, 1.165) is 18.5 Å². The number of amides is 1. The molecule has 0 spiro atoms. The lowest BCUT2D eigenvalue weighted by molar-refractivity contribution is -0.130. The first kappa shape index (κ1) is 15.7. The zero-order valence-electron chi connectivity index (χ0n) is 13.7. The molecule has 1 unspecified atom stereocenters. The number of hydrogen-bond donors (Lipinski definition) is 1. The zero-order valence-corrected chi connectivity index (χ0v) is 13.7. The van der Waals surface area contributed by atoms with Crippen LogP contribution >= 0.6 is 0 Å². The van der Waals surface area contributed by atoms with Gasteiger partial charge in [0.15, 0.2) is 11.5 Å². The van der Waals surface area contributed by atoms with Crippen LogP contribution in [0.1, 0.15) is 24.5 Å². The molecule has 7 nitrogen and oxygen atoms in total. The summed E-state index contributed by atoms with van der Waals surface area (Å²) in [5.74, 6) is 1.39. The molecular formula is C18H19N3O4. The van der Waals surface area contributed by atoms with Crippen molar-refractivity contribution in [2.45, 2.75) is 31.4 Å². The normalized spacial score (nSPS) is 18.6. The highest BCUT2D eigenvalue weighted by Gasteiger charge is 2.27. The summed E-state index contributed by atoms with van der Waals surface area (Å²) in [5, 5.41) is 2.78. The quantitative estimate of drug-likeness (QED) is 0.880. The summed E-state index contributed by atoms with van der Waals surface area (Å²) in [6.45, 7) is 0.859. The lowest BCUT2D eigenvalue weighted by atomic mass is 10.2. The molecule has 0 saturated heterocycles. The van der Waals surface area contributed by atoms with Crippen LogP contribution in [0, 0.1) is 0 Å². The highest BCUT2D eigenvalue weighted by molar-refractivity contribution is 5.81. The van der Waals surface area contributed by atoms with E-state index in [4.69, 9.17) is 9.47 Å². The van der Waals surface area contributed by atoms with Crippen molar-refractivity contribution in [3.8, 4) is 11.5 Å². The first-order valence-corrected chi connectivity index (χ1v) is 8.43. The second kappa shape index (κ2) is 6.58. The summed E-state index contributed by atoms with van der Waals surface area (Å²) in [7, 11) is 0. The monoisotopic (exact) mass is 341 g/mol. The Hall–Kier alpha value is -2.83. The molecule has 7 heteroatoms. The predicted molar refractivity (Wildman–Crippen MR) is 89.8 cm³/mol. The van der Waals surface area contributed by atoms with Gasteiger partial charge >= 0.3 is 0 Å². The van der Waals surface area contributed by atoms with Crippen LogP contribution in [-0.4, -0.2) is 34.7 Å². The van der Waals surface area contributed by atoms with Gasteiger partial charge in [0.05, 0.1) is 12.0 Å². The Balaban J connectivity index is 1.30. The van der Waals surface area contributed by atoms with Gasteiger partial charge in [0, 0.05) is 25.1 Å². The molecule has 2 heterocycles. The molecule has 1 saturated carbocycles. The Bertz CT molecular complexity index is 844. The predicted octanol–water partition coefficient (Wildman–Crippen LogP) is 1.08. The number of fused-ring (bicyclic) bond motifs is 1. The number of benzene rings is 1. The van der Waals surface area contributed by atoms with E-state index in [1.54, 1.807) is 24.5 Å². The maximum absolute atomic E-state index is 12.2. The van der Waals surface area contributed by atoms with Crippen LogP contribution in [0.25, 0.3) is 0 Å². The second-order valence-corrected chi connectivity index (χ2v) is 6.27. The van der Waals surface area contributed by atoms with E-state index in [9.17, 15) is 9.59 Å². The number of hydrogen-bond acceptors (Lipinski definition) is 5. The van der Waals surface area contributed by atoms with Crippen molar-refractivity contribution in [1.29, 1.82) is 0 Å². The highest BCUT2D eigenvalue weighted by atomic mass is 16.6. The number of ether oxygens (including phenoxy) is 2. The van der Waals surface area contributed by atoms with Gasteiger partial charge in [0.1, 0.15) is 6.61 Å². The van der Waals surface area contributed by atoms with Crippen LogP contribution in [0.3, 0.4) is 0 Å². The molecule has 1 aromatic carbocycles. The molecule has 1 N–H and O–H groups in total. The van der Waals surface area contributed by atoms with E-state index in [2.05, 4.69) is 10.3 Å². The van der Waals surface area contributed by atoms with E-state index in [0.29, 0.717) is 30.5 Å². The molecule has 1 aliphatic heterocycles. The van der Waals surface area contributed by atoms with E-state index in [1.807, 2.05) is 12.1 Å². The van der Waals surface area contributed by atoms with Crippen molar-refractivity contribution < 1.29 is 14.3 Å². The van der Waals surface area contributed by atoms with Crippen molar-refractivity contribution in [3.63, 3.8) is 0 Å². The maximum Gasteiger partial charge on any atom is 0.264 e. The highest BCUT2D eigenvalue weighted by Crippen LogP contribution is 2.38. The van der Waals surface area contributed by atoms with Gasteiger partial charge in [0.25, 0.3) is 11.5 Å². The molecule has 2 aromatic rings. The largest absolute Gasteiger partial charge is 0.485 e. The van der Waals surface area contributed by atoms with E-state index in [-0.39, 0.29) is 18.1 Å². The fraction of sp³-hybridized carbons (Fsp3) is 0.389. The maximum atomic E-state index is 12.2. The van der Waals surface area contributed by atoms with Gasteiger partial charge in [-0.05, 0) is 25.0 Å². The number of rotatable bonds is 5. The third kappa shape index (κ3) is 3.50. The Morgan fingerprint density at radius 3 is 2.84 bits per heavy atom. The standard InChI is InChI=1S/C18H19N3O4/c22-17-9-13(12-5-6-12)20-11-21(17)8-7-19-18(23)16-10-24-14-3-1-2-4-15(14)25-16/h1-4,9,11-12,16H,5-8,10H2,(H,19,23). The first-order chi connectivity index (χ1) is 12.2. The average Bonchev–Trinajstić information content (AvgIpc) is 3.47. The van der Waals surface area contributed by atoms with Gasteiger partial charge in [0.2, 0.25) is 6.10 Å². The van der Waals surface area contributed by atoms with Crippen molar-refractivity contribution >= 4 is 5.91 Å². The fourth-order valence-electron chi connectivity index (χ4n) is 2.77. The number of aromatic nitrogens is 2. The Labute approximate surface area is 144 Å². The SMILES string of the molecule is O=C(NCCn1cnc(C2CC2)cc1=O)C1COc2ccccc2O1. The molecule has 4 rings (SSSR count). The van der Waals surface area contributed by atoms with Gasteiger partial charge in [-0.3, -0.25) is 14.2 Å². The number of para-hydroxylation sites is 2. The molecule has 0 bridgehead atoms. The van der Waals surface area contributed by atoms with Gasteiger partial charge in [-0.15, -0.1) is 0 Å². The summed E-state index contributed by atoms with van der Waals surface area (Å²) in [5.41, 5.74) is 0.786. The first-order valence-electron chi connectivity index (χ1n) is 8.43. The Kier molecular flexibility index (Phi) is 4.13. The number of carbonyl (C=O) groups excluding carboxylic acids is 1. The van der Waals surface area contributed by atoms with Crippen molar-refractivity contribution in [2.75, 3.05) is 13.2 Å². The second-order valence-electron chi connectivity index (χ2n) is 6.27. The van der Waals surface area contributed by atoms with Crippen LogP contribution in [0.5, 0.6) is 11.5 Å². The Morgan fingerprint density at radius 2 is 2.08 bits per heavy atom. The average molecular weight is 341 g/mol. The smallest absolute Gasteiger partial charge is 0.264 e. The summed E-state index contributed by atoms with van der Waals surface area (Å²) in [6, 6.07) is 8.83. The van der Waals surface area contributed by atoms with E-state index >= 15 is 0 Å². The lowest BCUT2D eigenvalue weighted by Crippen LogP contribution is -2.45. The summed E-state index contributed by atoms with van der Waals surface area (Å²) in [6.07, 6.45) is 3.08. The summed E-state index contributed by atoms with van der Waals surface area (Å²) < 4.78 is 12.7. The van der Waals surface area contributed by atoms with Crippen LogP contribution in [-0.2, 0) is 11.3 Å². The number of nitrogens with one attached hydrogen (secondary N) is 1. The number of nitrogens with zero attached hydrogens (tertiary/aromatic N) is 2. The van der Waals surface area contributed by atoms with Crippen molar-refractivity contribution in [2.24, 2.45) is 0 Å². The molecule has 1 fully saturated rings. The molecule has 1 aliphatic carbocycles. The third-order valence-electron chi connectivity index (χ3n) is 4.35. The van der Waals surface area contributed by atoms with E-state index in [1.165, 1.54) is 4.57 Å². The van der Waals surface area contributed by atoms with E-state index < -0.39 is 6.10 Å². The summed E-state index contributed by atoms with van der Waals surface area (Å²) >= 11 is 0. The van der Waals surface area contributed by atoms with Crippen molar-refractivity contribution in [3.05, 3.63) is 52.7 Å². The minimum atomic E-state index is -0.693. The van der Waals surface area contributed by atoms with Crippen LogP contribution in [0.4, 0.5) is 0 Å². The molecule has 1 atom stereocenters. The van der Waals surface area contributed by atoms with Crippen LogP contribution < -0.4 is 20.3 Å². The summed E-state index contributed by atoms with van der Waals surface area (Å²) in [4.78, 5) is 28.6. The van der Waals surface area contributed by atoms with Gasteiger partial charge in [-0.2, -0.15) is 0 Å².